The number of carbonyl (C=O) groups excluding carboxylic acids is 1. The third-order valence-corrected chi connectivity index (χ3v) is 3.90. The minimum Gasteiger partial charge on any atom is -0.361 e. The lowest BCUT2D eigenvalue weighted by Crippen LogP contribution is -2.23. The summed E-state index contributed by atoms with van der Waals surface area (Å²) >= 11 is 0. The fourth-order valence-electron chi connectivity index (χ4n) is 2.76. The molecule has 0 bridgehead atoms. The quantitative estimate of drug-likeness (QED) is 0.788. The number of aryl methyl sites for hydroxylation is 2. The Morgan fingerprint density at radius 3 is 2.72 bits per heavy atom. The van der Waals surface area contributed by atoms with Gasteiger partial charge < -0.3 is 9.84 Å². The van der Waals surface area contributed by atoms with E-state index in [-0.39, 0.29) is 11.5 Å². The molecule has 3 rings (SSSR count). The summed E-state index contributed by atoms with van der Waals surface area (Å²) in [5.74, 6) is 0.470. The Labute approximate surface area is 144 Å². The first-order valence-electron chi connectivity index (χ1n) is 8.10. The highest BCUT2D eigenvalue weighted by molar-refractivity contribution is 6.06. The van der Waals surface area contributed by atoms with Crippen molar-refractivity contribution in [2.45, 2.75) is 34.2 Å². The highest BCUT2D eigenvalue weighted by Crippen LogP contribution is 2.18. The Hall–Kier alpha value is -2.96. The van der Waals surface area contributed by atoms with E-state index in [0.717, 1.165) is 0 Å². The second kappa shape index (κ2) is 6.51. The zero-order valence-electron chi connectivity index (χ0n) is 14.7. The fraction of sp³-hybridized carbons (Fsp3) is 0.333. The van der Waals surface area contributed by atoms with Gasteiger partial charge in [0, 0.05) is 12.2 Å². The number of amides is 1. The molecule has 0 aliphatic carbocycles. The molecule has 0 fully saturated rings. The van der Waals surface area contributed by atoms with E-state index in [1.807, 2.05) is 13.8 Å². The first-order valence-corrected chi connectivity index (χ1v) is 8.10. The number of carbonyl (C=O) groups is 1. The van der Waals surface area contributed by atoms with E-state index in [4.69, 9.17) is 4.52 Å². The van der Waals surface area contributed by atoms with Gasteiger partial charge in [-0.15, -0.1) is 0 Å². The third-order valence-electron chi connectivity index (χ3n) is 3.90. The van der Waals surface area contributed by atoms with E-state index >= 15 is 0 Å². The van der Waals surface area contributed by atoms with Crippen molar-refractivity contribution in [3.05, 3.63) is 51.9 Å². The normalized spacial score (nSPS) is 11.2. The van der Waals surface area contributed by atoms with E-state index < -0.39 is 0 Å². The van der Waals surface area contributed by atoms with Crippen LogP contribution in [0.5, 0.6) is 0 Å². The summed E-state index contributed by atoms with van der Waals surface area (Å²) in [6.45, 7) is 8.06. The summed E-state index contributed by atoms with van der Waals surface area (Å²) in [5.41, 5.74) is 1.94. The van der Waals surface area contributed by atoms with Crippen LogP contribution < -0.4 is 10.9 Å². The number of anilines is 1. The molecule has 0 radical (unpaired) electrons. The molecule has 0 saturated carbocycles. The number of benzene rings is 1. The number of hydrogen-bond donors (Lipinski definition) is 1. The fourth-order valence-corrected chi connectivity index (χ4v) is 2.76. The molecule has 3 aromatic rings. The van der Waals surface area contributed by atoms with Gasteiger partial charge in [0.2, 0.25) is 0 Å². The Kier molecular flexibility index (Phi) is 4.39. The molecular weight excluding hydrogens is 320 g/mol. The maximum atomic E-state index is 12.6. The van der Waals surface area contributed by atoms with E-state index in [0.29, 0.717) is 46.1 Å². The van der Waals surface area contributed by atoms with Crippen LogP contribution in [0, 0.1) is 19.8 Å². The Morgan fingerprint density at radius 2 is 2.08 bits per heavy atom. The van der Waals surface area contributed by atoms with Gasteiger partial charge in [0.25, 0.3) is 11.5 Å². The molecule has 7 heteroatoms. The van der Waals surface area contributed by atoms with Crippen molar-refractivity contribution in [1.82, 2.24) is 14.7 Å². The number of rotatable bonds is 4. The molecule has 7 nitrogen and oxygen atoms in total. The van der Waals surface area contributed by atoms with Crippen LogP contribution in [-0.4, -0.2) is 20.6 Å². The van der Waals surface area contributed by atoms with Crippen LogP contribution >= 0.6 is 0 Å². The van der Waals surface area contributed by atoms with Gasteiger partial charge in [-0.1, -0.05) is 19.0 Å². The molecule has 2 heterocycles. The van der Waals surface area contributed by atoms with Crippen molar-refractivity contribution in [3.63, 3.8) is 0 Å². The standard InChI is InChI=1S/C18H20N4O3/c1-10(2)8-22-9-19-15-6-5-13(7-14(15)18(22)24)20-17(23)16-11(3)21-25-12(16)4/h5-7,9-10H,8H2,1-4H3,(H,20,23). The average Bonchev–Trinajstić information content (AvgIpc) is 2.89. The molecule has 2 aromatic heterocycles. The molecule has 1 N–H and O–H groups in total. The molecule has 0 aliphatic rings. The smallest absolute Gasteiger partial charge is 0.261 e. The van der Waals surface area contributed by atoms with Crippen molar-refractivity contribution < 1.29 is 9.32 Å². The summed E-state index contributed by atoms with van der Waals surface area (Å²) in [5, 5.41) is 7.05. The highest BCUT2D eigenvalue weighted by Gasteiger charge is 2.18. The summed E-state index contributed by atoms with van der Waals surface area (Å²) in [6.07, 6.45) is 1.56. The van der Waals surface area contributed by atoms with Crippen molar-refractivity contribution in [1.29, 1.82) is 0 Å². The number of nitrogens with one attached hydrogen (secondary N) is 1. The first-order chi connectivity index (χ1) is 11.9. The maximum Gasteiger partial charge on any atom is 0.261 e. The largest absolute Gasteiger partial charge is 0.361 e. The van der Waals surface area contributed by atoms with Crippen LogP contribution in [0.1, 0.15) is 35.7 Å². The lowest BCUT2D eigenvalue weighted by molar-refractivity contribution is 0.102. The number of fused-ring (bicyclic) bond motifs is 1. The van der Waals surface area contributed by atoms with E-state index in [1.54, 1.807) is 42.9 Å². The SMILES string of the molecule is Cc1noc(C)c1C(=O)Nc1ccc2ncn(CC(C)C)c(=O)c2c1. The summed E-state index contributed by atoms with van der Waals surface area (Å²) in [4.78, 5) is 29.4. The van der Waals surface area contributed by atoms with Crippen molar-refractivity contribution in [2.75, 3.05) is 5.32 Å². The topological polar surface area (TPSA) is 90.0 Å². The number of nitrogens with zero attached hydrogens (tertiary/aromatic N) is 3. The van der Waals surface area contributed by atoms with Crippen LogP contribution in [0.2, 0.25) is 0 Å². The lowest BCUT2D eigenvalue weighted by Gasteiger charge is -2.10. The zero-order valence-corrected chi connectivity index (χ0v) is 14.7. The van der Waals surface area contributed by atoms with Crippen LogP contribution in [-0.2, 0) is 6.54 Å². The highest BCUT2D eigenvalue weighted by atomic mass is 16.5. The second-order valence-electron chi connectivity index (χ2n) is 6.48. The summed E-state index contributed by atoms with van der Waals surface area (Å²) in [7, 11) is 0. The Morgan fingerprint density at radius 1 is 1.32 bits per heavy atom. The minimum absolute atomic E-state index is 0.118. The Bertz CT molecular complexity index is 982. The lowest BCUT2D eigenvalue weighted by atomic mass is 10.1. The van der Waals surface area contributed by atoms with Crippen molar-refractivity contribution in [2.24, 2.45) is 5.92 Å². The van der Waals surface area contributed by atoms with Gasteiger partial charge in [0.15, 0.2) is 0 Å². The van der Waals surface area contributed by atoms with Crippen LogP contribution in [0.15, 0.2) is 33.8 Å². The van der Waals surface area contributed by atoms with Gasteiger partial charge in [0.05, 0.1) is 22.9 Å². The zero-order chi connectivity index (χ0) is 18.1. The molecule has 0 atom stereocenters. The Balaban J connectivity index is 1.96. The van der Waals surface area contributed by atoms with E-state index in [1.165, 1.54) is 0 Å². The van der Waals surface area contributed by atoms with Gasteiger partial charge in [-0.25, -0.2) is 4.98 Å². The first kappa shape index (κ1) is 16.9. The molecule has 0 unspecified atom stereocenters. The average molecular weight is 340 g/mol. The molecule has 0 saturated heterocycles. The predicted molar refractivity (Wildman–Crippen MR) is 94.8 cm³/mol. The summed E-state index contributed by atoms with van der Waals surface area (Å²) < 4.78 is 6.61. The van der Waals surface area contributed by atoms with Crippen molar-refractivity contribution in [3.8, 4) is 0 Å². The number of aromatic nitrogens is 3. The molecule has 1 aromatic carbocycles. The molecule has 1 amide bonds. The van der Waals surface area contributed by atoms with Crippen LogP contribution in [0.25, 0.3) is 10.9 Å². The third kappa shape index (κ3) is 3.31. The molecule has 130 valence electrons. The monoisotopic (exact) mass is 340 g/mol. The van der Waals surface area contributed by atoms with Crippen molar-refractivity contribution >= 4 is 22.5 Å². The van der Waals surface area contributed by atoms with Gasteiger partial charge in [-0.05, 0) is 38.0 Å². The van der Waals surface area contributed by atoms with Crippen LogP contribution in [0.4, 0.5) is 5.69 Å². The van der Waals surface area contributed by atoms with E-state index in [9.17, 15) is 9.59 Å². The summed E-state index contributed by atoms with van der Waals surface area (Å²) in [6, 6.07) is 5.09. The predicted octanol–water partition coefficient (Wildman–Crippen LogP) is 2.91. The molecule has 25 heavy (non-hydrogen) atoms. The molecule has 0 aliphatic heterocycles. The number of hydrogen-bond acceptors (Lipinski definition) is 5. The molecular formula is C18H20N4O3. The van der Waals surface area contributed by atoms with Gasteiger partial charge >= 0.3 is 0 Å². The maximum absolute atomic E-state index is 12.6. The van der Waals surface area contributed by atoms with Gasteiger partial charge in [-0.3, -0.25) is 14.2 Å². The second-order valence-corrected chi connectivity index (χ2v) is 6.48. The van der Waals surface area contributed by atoms with Crippen LogP contribution in [0.3, 0.4) is 0 Å². The molecule has 0 spiro atoms. The van der Waals surface area contributed by atoms with Gasteiger partial charge in [-0.2, -0.15) is 0 Å². The minimum atomic E-state index is -0.318. The van der Waals surface area contributed by atoms with Gasteiger partial charge in [0.1, 0.15) is 11.3 Å². The van der Waals surface area contributed by atoms with E-state index in [2.05, 4.69) is 15.5 Å².